The summed E-state index contributed by atoms with van der Waals surface area (Å²) in [5, 5.41) is 6.26. The van der Waals surface area contributed by atoms with E-state index in [9.17, 15) is 9.59 Å². The van der Waals surface area contributed by atoms with Crippen molar-refractivity contribution in [3.63, 3.8) is 0 Å². The Morgan fingerprint density at radius 1 is 1.33 bits per heavy atom. The van der Waals surface area contributed by atoms with Crippen LogP contribution in [0.3, 0.4) is 0 Å². The maximum atomic E-state index is 12.4. The predicted octanol–water partition coefficient (Wildman–Crippen LogP) is 0.112. The van der Waals surface area contributed by atoms with E-state index in [4.69, 9.17) is 0 Å². The highest BCUT2D eigenvalue weighted by molar-refractivity contribution is 5.79. The van der Waals surface area contributed by atoms with Crippen molar-refractivity contribution in [1.82, 2.24) is 15.5 Å². The first-order chi connectivity index (χ1) is 8.56. The summed E-state index contributed by atoms with van der Waals surface area (Å²) < 4.78 is 0. The fourth-order valence-corrected chi connectivity index (χ4v) is 2.98. The van der Waals surface area contributed by atoms with Crippen molar-refractivity contribution in [3.8, 4) is 0 Å². The van der Waals surface area contributed by atoms with E-state index < -0.39 is 0 Å². The zero-order valence-electron chi connectivity index (χ0n) is 11.2. The smallest absolute Gasteiger partial charge is 0.225 e. The second-order valence-corrected chi connectivity index (χ2v) is 5.55. The minimum atomic E-state index is -0.00946. The normalized spacial score (nSPS) is 32.3. The maximum Gasteiger partial charge on any atom is 0.225 e. The van der Waals surface area contributed by atoms with Crippen LogP contribution in [-0.2, 0) is 9.59 Å². The van der Waals surface area contributed by atoms with Crippen molar-refractivity contribution in [2.24, 2.45) is 5.92 Å². The lowest BCUT2D eigenvalue weighted by molar-refractivity contribution is -0.135. The third-order valence-corrected chi connectivity index (χ3v) is 3.88. The molecular formula is C13H23N3O2. The average Bonchev–Trinajstić information content (AvgIpc) is 2.75. The zero-order valence-corrected chi connectivity index (χ0v) is 11.2. The van der Waals surface area contributed by atoms with Crippen molar-refractivity contribution >= 4 is 11.8 Å². The van der Waals surface area contributed by atoms with Gasteiger partial charge in [0, 0.05) is 38.0 Å². The van der Waals surface area contributed by atoms with Crippen molar-refractivity contribution in [3.05, 3.63) is 0 Å². The number of hydrogen-bond donors (Lipinski definition) is 2. The zero-order chi connectivity index (χ0) is 13.1. The Labute approximate surface area is 108 Å². The number of piperidine rings is 1. The van der Waals surface area contributed by atoms with E-state index in [0.29, 0.717) is 12.6 Å². The summed E-state index contributed by atoms with van der Waals surface area (Å²) in [6, 6.07) is 0.576. The quantitative estimate of drug-likeness (QED) is 0.734. The van der Waals surface area contributed by atoms with Gasteiger partial charge in [0.15, 0.2) is 0 Å². The molecule has 2 rings (SSSR count). The van der Waals surface area contributed by atoms with Crippen LogP contribution in [0, 0.1) is 5.92 Å². The maximum absolute atomic E-state index is 12.4. The van der Waals surface area contributed by atoms with E-state index in [0.717, 1.165) is 32.4 Å². The van der Waals surface area contributed by atoms with Gasteiger partial charge in [-0.15, -0.1) is 0 Å². The van der Waals surface area contributed by atoms with Crippen LogP contribution in [0.2, 0.25) is 0 Å². The number of rotatable bonds is 2. The highest BCUT2D eigenvalue weighted by Gasteiger charge is 2.32. The average molecular weight is 253 g/mol. The summed E-state index contributed by atoms with van der Waals surface area (Å²) >= 11 is 0. The summed E-state index contributed by atoms with van der Waals surface area (Å²) in [6.45, 7) is 6.04. The van der Waals surface area contributed by atoms with Gasteiger partial charge in [-0.3, -0.25) is 9.59 Å². The Morgan fingerprint density at radius 2 is 2.11 bits per heavy atom. The molecule has 2 aliphatic rings. The van der Waals surface area contributed by atoms with Gasteiger partial charge in [-0.05, 0) is 32.7 Å². The number of nitrogens with one attached hydrogen (secondary N) is 2. The first-order valence-corrected chi connectivity index (χ1v) is 6.85. The van der Waals surface area contributed by atoms with E-state index in [1.165, 1.54) is 6.92 Å². The first kappa shape index (κ1) is 13.3. The molecule has 3 atom stereocenters. The number of likely N-dealkylation sites (tertiary alicyclic amines) is 1. The van der Waals surface area contributed by atoms with Crippen LogP contribution in [-0.4, -0.2) is 48.4 Å². The minimum absolute atomic E-state index is 0.00946. The molecular weight excluding hydrogens is 230 g/mol. The van der Waals surface area contributed by atoms with Crippen molar-refractivity contribution in [2.75, 3.05) is 19.6 Å². The highest BCUT2D eigenvalue weighted by Crippen LogP contribution is 2.21. The largest absolute Gasteiger partial charge is 0.352 e. The van der Waals surface area contributed by atoms with E-state index in [1.807, 2.05) is 4.90 Å². The molecule has 2 fully saturated rings. The van der Waals surface area contributed by atoms with Crippen molar-refractivity contribution < 1.29 is 9.59 Å². The summed E-state index contributed by atoms with van der Waals surface area (Å²) in [7, 11) is 0. The Hall–Kier alpha value is -1.10. The molecule has 5 heteroatoms. The van der Waals surface area contributed by atoms with Gasteiger partial charge >= 0.3 is 0 Å². The van der Waals surface area contributed by atoms with Gasteiger partial charge in [-0.25, -0.2) is 0 Å². The molecule has 2 N–H and O–H groups in total. The summed E-state index contributed by atoms with van der Waals surface area (Å²) in [6.07, 6.45) is 2.75. The molecule has 2 aliphatic heterocycles. The second kappa shape index (κ2) is 5.69. The van der Waals surface area contributed by atoms with Crippen LogP contribution >= 0.6 is 0 Å². The number of hydrogen-bond acceptors (Lipinski definition) is 3. The third-order valence-electron chi connectivity index (χ3n) is 3.88. The molecule has 0 bridgehead atoms. The van der Waals surface area contributed by atoms with Crippen LogP contribution in [0.25, 0.3) is 0 Å². The molecule has 3 unspecified atom stereocenters. The van der Waals surface area contributed by atoms with Crippen LogP contribution in [0.15, 0.2) is 0 Å². The molecule has 0 radical (unpaired) electrons. The molecule has 0 spiro atoms. The molecule has 0 aromatic carbocycles. The molecule has 5 nitrogen and oxygen atoms in total. The van der Waals surface area contributed by atoms with Crippen molar-refractivity contribution in [2.45, 2.75) is 45.2 Å². The van der Waals surface area contributed by atoms with Crippen LogP contribution in [0.4, 0.5) is 0 Å². The van der Waals surface area contributed by atoms with Gasteiger partial charge in [0.05, 0.1) is 0 Å². The van der Waals surface area contributed by atoms with Gasteiger partial charge in [0.25, 0.3) is 0 Å². The number of carbonyl (C=O) groups excluding carboxylic acids is 2. The van der Waals surface area contributed by atoms with Gasteiger partial charge < -0.3 is 15.5 Å². The topological polar surface area (TPSA) is 61.4 Å². The van der Waals surface area contributed by atoms with Gasteiger partial charge in [0.2, 0.25) is 11.8 Å². The van der Waals surface area contributed by atoms with Crippen LogP contribution in [0.1, 0.15) is 33.1 Å². The lowest BCUT2D eigenvalue weighted by Gasteiger charge is -2.30. The third kappa shape index (κ3) is 3.22. The van der Waals surface area contributed by atoms with Crippen LogP contribution < -0.4 is 10.6 Å². The van der Waals surface area contributed by atoms with Gasteiger partial charge in [-0.2, -0.15) is 0 Å². The molecule has 2 amide bonds. The standard InChI is InChI=1S/C13H23N3O2/c1-9-7-11(3-5-14-9)13(18)16-6-4-12(8-16)15-10(2)17/h9,11-12,14H,3-8H2,1-2H3,(H,15,17). The summed E-state index contributed by atoms with van der Waals surface area (Å²) in [5.74, 6) is 0.429. The minimum Gasteiger partial charge on any atom is -0.352 e. The van der Waals surface area contributed by atoms with E-state index in [1.54, 1.807) is 0 Å². The molecule has 2 heterocycles. The lowest BCUT2D eigenvalue weighted by Crippen LogP contribution is -2.44. The summed E-state index contributed by atoms with van der Waals surface area (Å²) in [4.78, 5) is 25.3. The van der Waals surface area contributed by atoms with Gasteiger partial charge in [0.1, 0.15) is 0 Å². The molecule has 0 aromatic heterocycles. The second-order valence-electron chi connectivity index (χ2n) is 5.55. The van der Waals surface area contributed by atoms with Crippen molar-refractivity contribution in [1.29, 1.82) is 0 Å². The Balaban J connectivity index is 1.85. The predicted molar refractivity (Wildman–Crippen MR) is 69.0 cm³/mol. The van der Waals surface area contributed by atoms with E-state index in [2.05, 4.69) is 17.6 Å². The SMILES string of the molecule is CC(=O)NC1CCN(C(=O)C2CCNC(C)C2)C1. The molecule has 18 heavy (non-hydrogen) atoms. The summed E-state index contributed by atoms with van der Waals surface area (Å²) in [5.41, 5.74) is 0. The van der Waals surface area contributed by atoms with E-state index in [-0.39, 0.29) is 23.8 Å². The van der Waals surface area contributed by atoms with Gasteiger partial charge in [-0.1, -0.05) is 0 Å². The number of nitrogens with zero attached hydrogens (tertiary/aromatic N) is 1. The fraction of sp³-hybridized carbons (Fsp3) is 0.846. The first-order valence-electron chi connectivity index (χ1n) is 6.85. The molecule has 2 saturated heterocycles. The number of amides is 2. The molecule has 0 aromatic rings. The fourth-order valence-electron chi connectivity index (χ4n) is 2.98. The molecule has 102 valence electrons. The lowest BCUT2D eigenvalue weighted by atomic mass is 9.92. The van der Waals surface area contributed by atoms with Crippen LogP contribution in [0.5, 0.6) is 0 Å². The monoisotopic (exact) mass is 253 g/mol. The molecule has 0 aliphatic carbocycles. The highest BCUT2D eigenvalue weighted by atomic mass is 16.2. The Morgan fingerprint density at radius 3 is 2.78 bits per heavy atom. The molecule has 0 saturated carbocycles. The Bertz CT molecular complexity index is 332. The Kier molecular flexibility index (Phi) is 4.22. The van der Waals surface area contributed by atoms with E-state index >= 15 is 0 Å². The number of carbonyl (C=O) groups is 2.